The van der Waals surface area contributed by atoms with Crippen LogP contribution in [0.3, 0.4) is 0 Å². The average molecular weight is 367 g/mol. The van der Waals surface area contributed by atoms with Crippen LogP contribution in [0.25, 0.3) is 0 Å². The molecule has 0 saturated heterocycles. The highest BCUT2D eigenvalue weighted by Crippen LogP contribution is 2.35. The van der Waals surface area contributed by atoms with Crippen molar-refractivity contribution in [3.63, 3.8) is 0 Å². The van der Waals surface area contributed by atoms with Crippen LogP contribution in [0.15, 0.2) is 41.7 Å². The number of carbonyl (C=O) groups excluding carboxylic acids is 1. The molecule has 0 atom stereocenters. The van der Waals surface area contributed by atoms with Gasteiger partial charge in [-0.1, -0.05) is 12.8 Å². The maximum Gasteiger partial charge on any atom is 0.254 e. The van der Waals surface area contributed by atoms with Crippen molar-refractivity contribution in [1.82, 2.24) is 15.3 Å². The second-order valence-corrected chi connectivity index (χ2v) is 7.36. The second kappa shape index (κ2) is 9.20. The third kappa shape index (κ3) is 4.73. The molecule has 0 aliphatic heterocycles. The minimum Gasteiger partial charge on any atom is -0.367 e. The fourth-order valence-corrected chi connectivity index (χ4v) is 4.20. The molecule has 134 valence electrons. The van der Waals surface area contributed by atoms with E-state index in [4.69, 9.17) is 5.26 Å². The largest absolute Gasteiger partial charge is 0.367 e. The molecule has 0 unspecified atom stereocenters. The molecular formula is C19H21N5OS. The minimum absolute atomic E-state index is 0.123. The third-order valence-electron chi connectivity index (χ3n) is 4.23. The first-order valence-corrected chi connectivity index (χ1v) is 9.65. The molecule has 2 aromatic heterocycles. The zero-order valence-corrected chi connectivity index (χ0v) is 15.3. The highest BCUT2D eigenvalue weighted by atomic mass is 32.2. The fourth-order valence-electron chi connectivity index (χ4n) is 2.91. The van der Waals surface area contributed by atoms with Crippen molar-refractivity contribution in [3.05, 3.63) is 47.8 Å². The molecule has 2 N–H and O–H groups in total. The Labute approximate surface area is 157 Å². The number of rotatable bonds is 7. The topological polar surface area (TPSA) is 90.7 Å². The van der Waals surface area contributed by atoms with Gasteiger partial charge in [0.1, 0.15) is 16.9 Å². The molecule has 1 fully saturated rings. The van der Waals surface area contributed by atoms with Gasteiger partial charge in [-0.15, -0.1) is 11.8 Å². The fraction of sp³-hybridized carbons (Fsp3) is 0.368. The average Bonchev–Trinajstić information content (AvgIpc) is 3.19. The molecule has 0 radical (unpaired) electrons. The Bertz CT molecular complexity index is 799. The summed E-state index contributed by atoms with van der Waals surface area (Å²) in [7, 11) is 0. The summed E-state index contributed by atoms with van der Waals surface area (Å²) >= 11 is 1.71. The van der Waals surface area contributed by atoms with Crippen LogP contribution >= 0.6 is 11.8 Å². The number of hydrogen-bond donors (Lipinski definition) is 2. The van der Waals surface area contributed by atoms with Crippen LogP contribution in [0.1, 0.15) is 41.6 Å². The van der Waals surface area contributed by atoms with Crippen LogP contribution in [0.4, 0.5) is 5.82 Å². The van der Waals surface area contributed by atoms with Gasteiger partial charge in [0.2, 0.25) is 0 Å². The van der Waals surface area contributed by atoms with Crippen LogP contribution in [0.5, 0.6) is 0 Å². The summed E-state index contributed by atoms with van der Waals surface area (Å²) < 4.78 is 0. The van der Waals surface area contributed by atoms with E-state index < -0.39 is 0 Å². The van der Waals surface area contributed by atoms with Gasteiger partial charge < -0.3 is 10.6 Å². The quantitative estimate of drug-likeness (QED) is 0.730. The first-order chi connectivity index (χ1) is 12.8. The summed E-state index contributed by atoms with van der Waals surface area (Å²) in [6, 6.07) is 9.12. The molecule has 6 nitrogen and oxygen atoms in total. The molecule has 26 heavy (non-hydrogen) atoms. The van der Waals surface area contributed by atoms with Crippen molar-refractivity contribution < 1.29 is 4.79 Å². The molecule has 0 aromatic carbocycles. The number of thioether (sulfide) groups is 1. The maximum absolute atomic E-state index is 12.5. The number of amides is 1. The van der Waals surface area contributed by atoms with Gasteiger partial charge in [-0.25, -0.2) is 9.97 Å². The Kier molecular flexibility index (Phi) is 6.45. The summed E-state index contributed by atoms with van der Waals surface area (Å²) in [6.07, 6.45) is 8.27. The molecule has 0 bridgehead atoms. The number of hydrogen-bond acceptors (Lipinski definition) is 6. The summed E-state index contributed by atoms with van der Waals surface area (Å²) in [6.45, 7) is 0.922. The van der Waals surface area contributed by atoms with Gasteiger partial charge in [-0.2, -0.15) is 5.26 Å². The summed E-state index contributed by atoms with van der Waals surface area (Å²) in [4.78, 5) is 21.1. The van der Waals surface area contributed by atoms with E-state index in [1.807, 2.05) is 6.07 Å². The van der Waals surface area contributed by atoms with Gasteiger partial charge in [0, 0.05) is 30.7 Å². The Balaban J connectivity index is 1.53. The molecule has 1 saturated carbocycles. The first-order valence-electron chi connectivity index (χ1n) is 8.77. The zero-order valence-electron chi connectivity index (χ0n) is 14.4. The molecule has 2 heterocycles. The van der Waals surface area contributed by atoms with Gasteiger partial charge in [-0.05, 0) is 37.1 Å². The lowest BCUT2D eigenvalue weighted by atomic mass is 10.2. The van der Waals surface area contributed by atoms with Crippen molar-refractivity contribution >= 4 is 23.5 Å². The number of nitrogens with one attached hydrogen (secondary N) is 2. The lowest BCUT2D eigenvalue weighted by Crippen LogP contribution is -2.29. The van der Waals surface area contributed by atoms with Crippen LogP contribution < -0.4 is 10.6 Å². The van der Waals surface area contributed by atoms with Crippen LogP contribution in [-0.2, 0) is 0 Å². The van der Waals surface area contributed by atoms with Crippen LogP contribution in [-0.4, -0.2) is 34.2 Å². The Morgan fingerprint density at radius 1 is 1.19 bits per heavy atom. The SMILES string of the molecule is N#Cc1cccnc1NCCNC(=O)c1cccnc1SC1CCCC1. The van der Waals surface area contributed by atoms with Gasteiger partial charge in [0.25, 0.3) is 5.91 Å². The molecule has 1 aliphatic rings. The highest BCUT2D eigenvalue weighted by molar-refractivity contribution is 7.99. The molecular weight excluding hydrogens is 346 g/mol. The monoisotopic (exact) mass is 367 g/mol. The van der Waals surface area contributed by atoms with Crippen LogP contribution in [0, 0.1) is 11.3 Å². The van der Waals surface area contributed by atoms with Crippen molar-refractivity contribution in [2.45, 2.75) is 36.0 Å². The lowest BCUT2D eigenvalue weighted by Gasteiger charge is -2.12. The van der Waals surface area contributed by atoms with E-state index in [-0.39, 0.29) is 5.91 Å². The highest BCUT2D eigenvalue weighted by Gasteiger charge is 2.20. The third-order valence-corrected chi connectivity index (χ3v) is 5.58. The number of aromatic nitrogens is 2. The summed E-state index contributed by atoms with van der Waals surface area (Å²) in [5, 5.41) is 16.4. The molecule has 2 aromatic rings. The Morgan fingerprint density at radius 3 is 2.77 bits per heavy atom. The number of anilines is 1. The van der Waals surface area contributed by atoms with E-state index in [1.54, 1.807) is 42.4 Å². The Morgan fingerprint density at radius 2 is 1.96 bits per heavy atom. The Hall–Kier alpha value is -2.59. The molecule has 7 heteroatoms. The second-order valence-electron chi connectivity index (χ2n) is 6.07. The van der Waals surface area contributed by atoms with Crippen molar-refractivity contribution in [2.24, 2.45) is 0 Å². The molecule has 1 aliphatic carbocycles. The number of nitriles is 1. The van der Waals surface area contributed by atoms with E-state index in [1.165, 1.54) is 25.7 Å². The van der Waals surface area contributed by atoms with E-state index in [0.29, 0.717) is 35.3 Å². The van der Waals surface area contributed by atoms with Crippen molar-refractivity contribution in [3.8, 4) is 6.07 Å². The summed E-state index contributed by atoms with van der Waals surface area (Å²) in [5.74, 6) is 0.407. The minimum atomic E-state index is -0.123. The van der Waals surface area contributed by atoms with Gasteiger partial charge >= 0.3 is 0 Å². The van der Waals surface area contributed by atoms with Gasteiger partial charge in [-0.3, -0.25) is 4.79 Å². The zero-order chi connectivity index (χ0) is 18.2. The molecule has 3 rings (SSSR count). The normalized spacial score (nSPS) is 14.0. The molecule has 1 amide bonds. The van der Waals surface area contributed by atoms with Crippen molar-refractivity contribution in [1.29, 1.82) is 5.26 Å². The first kappa shape index (κ1) is 18.2. The van der Waals surface area contributed by atoms with E-state index in [2.05, 4.69) is 26.7 Å². The van der Waals surface area contributed by atoms with Gasteiger partial charge in [0.05, 0.1) is 11.1 Å². The number of nitrogens with zero attached hydrogens (tertiary/aromatic N) is 3. The van der Waals surface area contributed by atoms with E-state index in [0.717, 1.165) is 5.03 Å². The predicted molar refractivity (Wildman–Crippen MR) is 102 cm³/mol. The maximum atomic E-state index is 12.5. The van der Waals surface area contributed by atoms with Crippen molar-refractivity contribution in [2.75, 3.05) is 18.4 Å². The van der Waals surface area contributed by atoms with E-state index >= 15 is 0 Å². The standard InChI is InChI=1S/C19H21N5OS/c20-13-14-5-3-9-21-17(14)22-11-12-23-18(25)16-8-4-10-24-19(16)26-15-6-1-2-7-15/h3-5,8-10,15H,1-2,6-7,11-12H2,(H,21,22)(H,23,25). The molecule has 0 spiro atoms. The smallest absolute Gasteiger partial charge is 0.254 e. The number of pyridine rings is 2. The van der Waals surface area contributed by atoms with E-state index in [9.17, 15) is 4.79 Å². The predicted octanol–water partition coefficient (Wildman–Crippen LogP) is 3.22. The lowest BCUT2D eigenvalue weighted by molar-refractivity contribution is 0.0951. The summed E-state index contributed by atoms with van der Waals surface area (Å²) in [5.41, 5.74) is 1.11. The number of carbonyl (C=O) groups is 1. The van der Waals surface area contributed by atoms with Gasteiger partial charge in [0.15, 0.2) is 0 Å². The van der Waals surface area contributed by atoms with Crippen LogP contribution in [0.2, 0.25) is 0 Å².